The number of carbonyl (C=O) groups excluding carboxylic acids is 1. The maximum Gasteiger partial charge on any atom is 0.234 e. The fraction of sp³-hybridized carbons (Fsp3) is 0.100. The first kappa shape index (κ1) is 25.1. The molecule has 0 saturated carbocycles. The van der Waals surface area contributed by atoms with Gasteiger partial charge in [0.2, 0.25) is 5.91 Å². The first-order valence-electron chi connectivity index (χ1n) is 12.2. The first-order valence-corrected chi connectivity index (χ1v) is 13.2. The van der Waals surface area contributed by atoms with E-state index in [4.69, 9.17) is 9.47 Å². The summed E-state index contributed by atoms with van der Waals surface area (Å²) in [5, 5.41) is 12.4. The second-order valence-corrected chi connectivity index (χ2v) is 9.15. The Labute approximate surface area is 225 Å². The van der Waals surface area contributed by atoms with Gasteiger partial charge < -0.3 is 14.8 Å². The molecule has 5 aromatic rings. The average Bonchev–Trinajstić information content (AvgIpc) is 3.39. The highest BCUT2D eigenvalue weighted by Gasteiger charge is 2.17. The summed E-state index contributed by atoms with van der Waals surface area (Å²) < 4.78 is 13.4. The molecule has 7 nitrogen and oxygen atoms in total. The zero-order valence-corrected chi connectivity index (χ0v) is 21.6. The minimum atomic E-state index is -0.144. The van der Waals surface area contributed by atoms with Gasteiger partial charge in [-0.25, -0.2) is 0 Å². The van der Waals surface area contributed by atoms with E-state index < -0.39 is 0 Å². The molecular weight excluding hydrogens is 496 g/mol. The molecule has 0 bridgehead atoms. The molecule has 8 heteroatoms. The van der Waals surface area contributed by atoms with Crippen LogP contribution < -0.4 is 14.8 Å². The van der Waals surface area contributed by atoms with E-state index in [1.807, 2.05) is 121 Å². The van der Waals surface area contributed by atoms with E-state index in [1.54, 1.807) is 0 Å². The lowest BCUT2D eigenvalue weighted by Crippen LogP contribution is -2.14. The van der Waals surface area contributed by atoms with E-state index in [2.05, 4.69) is 15.5 Å². The van der Waals surface area contributed by atoms with Crippen LogP contribution in [0.4, 0.5) is 5.69 Å². The highest BCUT2D eigenvalue weighted by atomic mass is 32.2. The van der Waals surface area contributed by atoms with Gasteiger partial charge in [-0.2, -0.15) is 0 Å². The monoisotopic (exact) mass is 522 g/mol. The van der Waals surface area contributed by atoms with Gasteiger partial charge in [0.25, 0.3) is 0 Å². The molecule has 0 unspecified atom stereocenters. The van der Waals surface area contributed by atoms with E-state index >= 15 is 0 Å². The molecule has 1 amide bonds. The molecule has 4 aromatic carbocycles. The molecule has 1 aromatic heterocycles. The number of rotatable bonds is 10. The van der Waals surface area contributed by atoms with Gasteiger partial charge in [0.1, 0.15) is 17.2 Å². The number of ether oxygens (including phenoxy) is 2. The Morgan fingerprint density at radius 1 is 0.789 bits per heavy atom. The number of amides is 1. The van der Waals surface area contributed by atoms with E-state index in [0.29, 0.717) is 29.0 Å². The van der Waals surface area contributed by atoms with Crippen LogP contribution in [0.5, 0.6) is 17.2 Å². The van der Waals surface area contributed by atoms with Crippen LogP contribution in [0.15, 0.2) is 114 Å². The fourth-order valence-corrected chi connectivity index (χ4v) is 4.54. The molecule has 0 atom stereocenters. The number of hydrogen-bond donors (Lipinski definition) is 1. The minimum Gasteiger partial charge on any atom is -0.494 e. The highest BCUT2D eigenvalue weighted by molar-refractivity contribution is 7.99. The van der Waals surface area contributed by atoms with Gasteiger partial charge in [-0.15, -0.1) is 10.2 Å². The summed E-state index contributed by atoms with van der Waals surface area (Å²) in [4.78, 5) is 12.8. The number of benzene rings is 4. The molecule has 0 saturated heterocycles. The van der Waals surface area contributed by atoms with Crippen LogP contribution in [-0.4, -0.2) is 33.0 Å². The summed E-state index contributed by atoms with van der Waals surface area (Å²) in [6.45, 7) is 2.55. The van der Waals surface area contributed by atoms with E-state index in [-0.39, 0.29) is 11.7 Å². The Hall–Kier alpha value is -4.56. The normalized spacial score (nSPS) is 10.7. The van der Waals surface area contributed by atoms with Crippen LogP contribution in [0, 0.1) is 0 Å². The lowest BCUT2D eigenvalue weighted by atomic mass is 10.2. The Morgan fingerprint density at radius 2 is 1.42 bits per heavy atom. The number of thioether (sulfide) groups is 1. The third kappa shape index (κ3) is 6.22. The van der Waals surface area contributed by atoms with Crippen LogP contribution in [0.25, 0.3) is 17.1 Å². The fourth-order valence-electron chi connectivity index (χ4n) is 3.79. The quantitative estimate of drug-likeness (QED) is 0.202. The topological polar surface area (TPSA) is 78.3 Å². The Balaban J connectivity index is 1.28. The summed E-state index contributed by atoms with van der Waals surface area (Å²) >= 11 is 1.33. The van der Waals surface area contributed by atoms with Crippen molar-refractivity contribution >= 4 is 23.4 Å². The summed E-state index contributed by atoms with van der Waals surface area (Å²) in [6, 6.07) is 34.5. The van der Waals surface area contributed by atoms with Crippen molar-refractivity contribution < 1.29 is 14.3 Å². The number of aromatic nitrogens is 3. The molecule has 5 rings (SSSR count). The number of nitrogens with zero attached hydrogens (tertiary/aromatic N) is 3. The van der Waals surface area contributed by atoms with Crippen LogP contribution in [0.3, 0.4) is 0 Å². The standard InChI is InChI=1S/C30H26N4O3S/c1-2-36-25-19-15-24(16-20-25)34-29(22-9-5-3-6-10-22)32-33-30(34)38-21-28(35)31-23-13-17-27(18-14-23)37-26-11-7-4-8-12-26/h3-20H,2,21H2,1H3,(H,31,35). The van der Waals surface area contributed by atoms with Crippen molar-refractivity contribution in [1.29, 1.82) is 0 Å². The molecule has 1 heterocycles. The van der Waals surface area contributed by atoms with E-state index in [0.717, 1.165) is 22.7 Å². The van der Waals surface area contributed by atoms with Gasteiger partial charge in [0, 0.05) is 16.9 Å². The van der Waals surface area contributed by atoms with Gasteiger partial charge in [-0.05, 0) is 67.6 Å². The number of hydrogen-bond acceptors (Lipinski definition) is 6. The lowest BCUT2D eigenvalue weighted by Gasteiger charge is -2.12. The van der Waals surface area contributed by atoms with Crippen LogP contribution in [0.1, 0.15) is 6.92 Å². The lowest BCUT2D eigenvalue weighted by molar-refractivity contribution is -0.113. The number of anilines is 1. The second kappa shape index (κ2) is 12.1. The summed E-state index contributed by atoms with van der Waals surface area (Å²) in [5.74, 6) is 2.97. The maximum absolute atomic E-state index is 12.8. The molecule has 0 radical (unpaired) electrons. The largest absolute Gasteiger partial charge is 0.494 e. The molecule has 0 spiro atoms. The predicted molar refractivity (Wildman–Crippen MR) is 150 cm³/mol. The summed E-state index contributed by atoms with van der Waals surface area (Å²) in [6.07, 6.45) is 0. The van der Waals surface area contributed by atoms with Gasteiger partial charge in [-0.3, -0.25) is 9.36 Å². The molecule has 0 aliphatic rings. The Bertz CT molecular complexity index is 1470. The van der Waals surface area contributed by atoms with Crippen molar-refractivity contribution in [2.45, 2.75) is 12.1 Å². The number of para-hydroxylation sites is 1. The highest BCUT2D eigenvalue weighted by Crippen LogP contribution is 2.29. The summed E-state index contributed by atoms with van der Waals surface area (Å²) in [5.41, 5.74) is 2.51. The van der Waals surface area contributed by atoms with Crippen LogP contribution in [-0.2, 0) is 4.79 Å². The third-order valence-corrected chi connectivity index (χ3v) is 6.45. The SMILES string of the molecule is CCOc1ccc(-n2c(SCC(=O)Nc3ccc(Oc4ccccc4)cc3)nnc2-c2ccccc2)cc1. The van der Waals surface area contributed by atoms with E-state index in [1.165, 1.54) is 11.8 Å². The number of carbonyl (C=O) groups is 1. The molecule has 0 aliphatic heterocycles. The smallest absolute Gasteiger partial charge is 0.234 e. The van der Waals surface area contributed by atoms with Gasteiger partial charge in [0.05, 0.1) is 12.4 Å². The van der Waals surface area contributed by atoms with Crippen molar-refractivity contribution in [1.82, 2.24) is 14.8 Å². The van der Waals surface area contributed by atoms with Gasteiger partial charge >= 0.3 is 0 Å². The average molecular weight is 523 g/mol. The zero-order chi connectivity index (χ0) is 26.2. The van der Waals surface area contributed by atoms with Gasteiger partial charge in [-0.1, -0.05) is 60.3 Å². The van der Waals surface area contributed by atoms with Crippen molar-refractivity contribution in [3.8, 4) is 34.3 Å². The Kier molecular flexibility index (Phi) is 8.01. The third-order valence-electron chi connectivity index (χ3n) is 5.52. The molecule has 0 aliphatic carbocycles. The van der Waals surface area contributed by atoms with E-state index in [9.17, 15) is 4.79 Å². The molecule has 0 fully saturated rings. The molecule has 1 N–H and O–H groups in total. The summed E-state index contributed by atoms with van der Waals surface area (Å²) in [7, 11) is 0. The van der Waals surface area contributed by atoms with Crippen molar-refractivity contribution in [2.24, 2.45) is 0 Å². The second-order valence-electron chi connectivity index (χ2n) is 8.21. The van der Waals surface area contributed by atoms with Crippen molar-refractivity contribution in [3.05, 3.63) is 109 Å². The number of nitrogens with one attached hydrogen (secondary N) is 1. The molecule has 38 heavy (non-hydrogen) atoms. The first-order chi connectivity index (χ1) is 18.7. The zero-order valence-electron chi connectivity index (χ0n) is 20.8. The van der Waals surface area contributed by atoms with Crippen LogP contribution >= 0.6 is 11.8 Å². The van der Waals surface area contributed by atoms with Crippen LogP contribution in [0.2, 0.25) is 0 Å². The Morgan fingerprint density at radius 3 is 2.11 bits per heavy atom. The van der Waals surface area contributed by atoms with Crippen molar-refractivity contribution in [3.63, 3.8) is 0 Å². The minimum absolute atomic E-state index is 0.144. The molecule has 190 valence electrons. The predicted octanol–water partition coefficient (Wildman–Crippen LogP) is 6.86. The van der Waals surface area contributed by atoms with Gasteiger partial charge in [0.15, 0.2) is 11.0 Å². The van der Waals surface area contributed by atoms with Crippen molar-refractivity contribution in [2.75, 3.05) is 17.7 Å². The molecular formula is C30H26N4O3S. The maximum atomic E-state index is 12.8.